The highest BCUT2D eigenvalue weighted by molar-refractivity contribution is 5.46. The number of methoxy groups -OCH3 is 1. The summed E-state index contributed by atoms with van der Waals surface area (Å²) < 4.78 is 10.6. The van der Waals surface area contributed by atoms with Crippen LogP contribution in [0.4, 0.5) is 5.69 Å². The first-order valence-corrected chi connectivity index (χ1v) is 8.22. The lowest BCUT2D eigenvalue weighted by Crippen LogP contribution is -2.27. The van der Waals surface area contributed by atoms with Crippen molar-refractivity contribution in [2.24, 2.45) is 5.92 Å². The highest BCUT2D eigenvalue weighted by Crippen LogP contribution is 2.28. The van der Waals surface area contributed by atoms with E-state index in [1.165, 1.54) is 43.4 Å². The summed E-state index contributed by atoms with van der Waals surface area (Å²) in [6.45, 7) is 4.26. The molecule has 0 aliphatic heterocycles. The number of benzene rings is 1. The van der Waals surface area contributed by atoms with Crippen LogP contribution in [-0.4, -0.2) is 26.4 Å². The van der Waals surface area contributed by atoms with E-state index in [-0.39, 0.29) is 0 Å². The van der Waals surface area contributed by atoms with Crippen LogP contribution in [0.5, 0.6) is 0 Å². The van der Waals surface area contributed by atoms with Crippen LogP contribution < -0.4 is 5.32 Å². The summed E-state index contributed by atoms with van der Waals surface area (Å²) >= 11 is 0. The molecule has 1 fully saturated rings. The van der Waals surface area contributed by atoms with E-state index in [0.717, 1.165) is 5.92 Å². The third-order valence-corrected chi connectivity index (χ3v) is 4.38. The molecule has 1 aliphatic rings. The average Bonchev–Trinajstić information content (AvgIpc) is 2.53. The number of hydrogen-bond donors (Lipinski definition) is 1. The Balaban J connectivity index is 1.82. The Hall–Kier alpha value is -1.06. The highest BCUT2D eigenvalue weighted by atomic mass is 16.5. The Morgan fingerprint density at radius 2 is 2.00 bits per heavy atom. The van der Waals surface area contributed by atoms with Crippen molar-refractivity contribution in [3.8, 4) is 0 Å². The van der Waals surface area contributed by atoms with Crippen LogP contribution >= 0.6 is 0 Å². The zero-order chi connectivity index (χ0) is 14.9. The Bertz CT molecular complexity index is 402. The summed E-state index contributed by atoms with van der Waals surface area (Å²) in [6.07, 6.45) is 6.94. The van der Waals surface area contributed by atoms with Gasteiger partial charge in [-0.15, -0.1) is 0 Å². The maximum Gasteiger partial charge on any atom is 0.0718 e. The van der Waals surface area contributed by atoms with E-state index in [9.17, 15) is 0 Å². The molecule has 0 saturated heterocycles. The van der Waals surface area contributed by atoms with Gasteiger partial charge >= 0.3 is 0 Å². The molecule has 118 valence electrons. The molecule has 3 nitrogen and oxygen atoms in total. The number of ether oxygens (including phenoxy) is 2. The summed E-state index contributed by atoms with van der Waals surface area (Å²) in [6, 6.07) is 9.12. The summed E-state index contributed by atoms with van der Waals surface area (Å²) in [4.78, 5) is 0. The van der Waals surface area contributed by atoms with Crippen molar-refractivity contribution >= 4 is 5.69 Å². The topological polar surface area (TPSA) is 30.5 Å². The molecule has 1 N–H and O–H groups in total. The van der Waals surface area contributed by atoms with Crippen LogP contribution in [0.3, 0.4) is 0 Å². The second kappa shape index (κ2) is 9.06. The quantitative estimate of drug-likeness (QED) is 0.727. The number of rotatable bonds is 8. The fraction of sp³-hybridized carbons (Fsp3) is 0.667. The molecule has 2 rings (SSSR count). The van der Waals surface area contributed by atoms with E-state index in [4.69, 9.17) is 9.47 Å². The first-order chi connectivity index (χ1) is 10.3. The van der Waals surface area contributed by atoms with Crippen molar-refractivity contribution in [2.45, 2.75) is 51.7 Å². The normalized spacial score (nSPS) is 17.6. The monoisotopic (exact) mass is 291 g/mol. The van der Waals surface area contributed by atoms with E-state index >= 15 is 0 Å². The van der Waals surface area contributed by atoms with Gasteiger partial charge in [-0.1, -0.05) is 31.4 Å². The molecule has 21 heavy (non-hydrogen) atoms. The molecule has 0 aromatic heterocycles. The molecule has 1 aromatic rings. The maximum atomic E-state index is 5.58. The van der Waals surface area contributed by atoms with Crippen LogP contribution in [0.2, 0.25) is 0 Å². The van der Waals surface area contributed by atoms with Crippen LogP contribution in [0, 0.1) is 5.92 Å². The summed E-state index contributed by atoms with van der Waals surface area (Å²) in [5, 5.41) is 3.67. The Kier molecular flexibility index (Phi) is 7.04. The van der Waals surface area contributed by atoms with Crippen molar-refractivity contribution in [1.29, 1.82) is 0 Å². The van der Waals surface area contributed by atoms with Crippen molar-refractivity contribution in [3.05, 3.63) is 29.8 Å². The van der Waals surface area contributed by atoms with Gasteiger partial charge in [-0.25, -0.2) is 0 Å². The fourth-order valence-electron chi connectivity index (χ4n) is 3.10. The fourth-order valence-corrected chi connectivity index (χ4v) is 3.10. The minimum absolute atomic E-state index is 0.551. The third-order valence-electron chi connectivity index (χ3n) is 4.38. The summed E-state index contributed by atoms with van der Waals surface area (Å²) in [5.74, 6) is 0.820. The first-order valence-electron chi connectivity index (χ1n) is 8.22. The Labute approximate surface area is 129 Å². The zero-order valence-corrected chi connectivity index (χ0v) is 13.4. The predicted molar refractivity (Wildman–Crippen MR) is 87.6 cm³/mol. The Morgan fingerprint density at radius 1 is 1.19 bits per heavy atom. The van der Waals surface area contributed by atoms with Gasteiger partial charge < -0.3 is 14.8 Å². The van der Waals surface area contributed by atoms with Gasteiger partial charge in [0.2, 0.25) is 0 Å². The lowest BCUT2D eigenvalue weighted by Gasteiger charge is -2.29. The first kappa shape index (κ1) is 16.3. The lowest BCUT2D eigenvalue weighted by atomic mass is 9.84. The molecule has 1 saturated carbocycles. The molecule has 1 aliphatic carbocycles. The molecule has 0 heterocycles. The SMILES string of the molecule is COCCOCc1cccc(NC(C)C2CCCCC2)c1. The maximum absolute atomic E-state index is 5.58. The molecule has 0 amide bonds. The van der Waals surface area contributed by atoms with Crippen molar-refractivity contribution < 1.29 is 9.47 Å². The van der Waals surface area contributed by atoms with E-state index in [2.05, 4.69) is 36.5 Å². The van der Waals surface area contributed by atoms with Crippen molar-refractivity contribution in [2.75, 3.05) is 25.6 Å². The average molecular weight is 291 g/mol. The molecule has 0 bridgehead atoms. The van der Waals surface area contributed by atoms with E-state index in [1.807, 2.05) is 0 Å². The smallest absolute Gasteiger partial charge is 0.0718 e. The van der Waals surface area contributed by atoms with Crippen LogP contribution in [0.15, 0.2) is 24.3 Å². The largest absolute Gasteiger partial charge is 0.382 e. The summed E-state index contributed by atoms with van der Waals surface area (Å²) in [7, 11) is 1.69. The van der Waals surface area contributed by atoms with Gasteiger partial charge in [-0.2, -0.15) is 0 Å². The third kappa shape index (κ3) is 5.68. The van der Waals surface area contributed by atoms with Crippen LogP contribution in [-0.2, 0) is 16.1 Å². The van der Waals surface area contributed by atoms with Gasteiger partial charge in [0.05, 0.1) is 19.8 Å². The molecule has 1 unspecified atom stereocenters. The number of anilines is 1. The molecule has 0 radical (unpaired) electrons. The predicted octanol–water partition coefficient (Wildman–Crippen LogP) is 4.23. The minimum atomic E-state index is 0.551. The lowest BCUT2D eigenvalue weighted by molar-refractivity contribution is 0.0617. The van der Waals surface area contributed by atoms with Crippen LogP contribution in [0.25, 0.3) is 0 Å². The van der Waals surface area contributed by atoms with Gasteiger partial charge in [0.1, 0.15) is 0 Å². The van der Waals surface area contributed by atoms with Crippen molar-refractivity contribution in [1.82, 2.24) is 0 Å². The van der Waals surface area contributed by atoms with E-state index in [1.54, 1.807) is 7.11 Å². The van der Waals surface area contributed by atoms with E-state index in [0.29, 0.717) is 25.9 Å². The standard InChI is InChI=1S/C18H29NO2/c1-15(17-8-4-3-5-9-17)19-18-10-6-7-16(13-18)14-21-12-11-20-2/h6-7,10,13,15,17,19H,3-5,8-9,11-12,14H2,1-2H3. The highest BCUT2D eigenvalue weighted by Gasteiger charge is 2.19. The van der Waals surface area contributed by atoms with Gasteiger partial charge in [0, 0.05) is 18.8 Å². The number of hydrogen-bond acceptors (Lipinski definition) is 3. The van der Waals surface area contributed by atoms with Gasteiger partial charge in [-0.05, 0) is 43.4 Å². The van der Waals surface area contributed by atoms with Gasteiger partial charge in [-0.3, -0.25) is 0 Å². The zero-order valence-electron chi connectivity index (χ0n) is 13.4. The molecular weight excluding hydrogens is 262 g/mol. The Morgan fingerprint density at radius 3 is 2.76 bits per heavy atom. The van der Waals surface area contributed by atoms with Gasteiger partial charge in [0.25, 0.3) is 0 Å². The number of nitrogens with one attached hydrogen (secondary N) is 1. The minimum Gasteiger partial charge on any atom is -0.382 e. The molecular formula is C18H29NO2. The second-order valence-corrected chi connectivity index (χ2v) is 6.08. The second-order valence-electron chi connectivity index (χ2n) is 6.08. The van der Waals surface area contributed by atoms with Gasteiger partial charge in [0.15, 0.2) is 0 Å². The van der Waals surface area contributed by atoms with Crippen LogP contribution in [0.1, 0.15) is 44.6 Å². The molecule has 1 aromatic carbocycles. The molecule has 3 heteroatoms. The van der Waals surface area contributed by atoms with Crippen molar-refractivity contribution in [3.63, 3.8) is 0 Å². The summed E-state index contributed by atoms with van der Waals surface area (Å²) in [5.41, 5.74) is 2.42. The van der Waals surface area contributed by atoms with E-state index < -0.39 is 0 Å². The molecule has 0 spiro atoms. The molecule has 1 atom stereocenters.